The molecular formula is C21H11ClF4N4. The minimum Gasteiger partial charge on any atom is -0.338 e. The van der Waals surface area contributed by atoms with E-state index < -0.39 is 17.6 Å². The highest BCUT2D eigenvalue weighted by Gasteiger charge is 2.30. The average Bonchev–Trinajstić information content (AvgIpc) is 3.29. The monoisotopic (exact) mass is 430 g/mol. The van der Waals surface area contributed by atoms with Crippen LogP contribution < -0.4 is 0 Å². The van der Waals surface area contributed by atoms with E-state index in [2.05, 4.69) is 19.9 Å². The Labute approximate surface area is 171 Å². The maximum atomic E-state index is 14.2. The lowest BCUT2D eigenvalue weighted by Crippen LogP contribution is -2.04. The van der Waals surface area contributed by atoms with Crippen molar-refractivity contribution in [2.24, 2.45) is 0 Å². The number of rotatable bonds is 2. The summed E-state index contributed by atoms with van der Waals surface area (Å²) >= 11 is 6.11. The van der Waals surface area contributed by atoms with Crippen molar-refractivity contribution in [2.45, 2.75) is 6.18 Å². The number of hydrogen-bond acceptors (Lipinski definition) is 2. The van der Waals surface area contributed by atoms with Crippen molar-refractivity contribution in [2.75, 3.05) is 0 Å². The van der Waals surface area contributed by atoms with Gasteiger partial charge in [0.05, 0.1) is 38.2 Å². The molecule has 0 radical (unpaired) electrons. The lowest BCUT2D eigenvalue weighted by molar-refractivity contribution is -0.137. The van der Waals surface area contributed by atoms with Gasteiger partial charge in [-0.25, -0.2) is 14.4 Å². The molecule has 0 saturated heterocycles. The van der Waals surface area contributed by atoms with Gasteiger partial charge < -0.3 is 9.97 Å². The van der Waals surface area contributed by atoms with Crippen LogP contribution in [0.1, 0.15) is 5.56 Å². The first-order valence-corrected chi connectivity index (χ1v) is 9.19. The number of fused-ring (bicyclic) bond motifs is 2. The number of halogens is 5. The van der Waals surface area contributed by atoms with Gasteiger partial charge >= 0.3 is 6.18 Å². The Kier molecular flexibility index (Phi) is 4.08. The molecule has 0 aliphatic carbocycles. The first-order chi connectivity index (χ1) is 14.3. The minimum atomic E-state index is -4.43. The highest BCUT2D eigenvalue weighted by atomic mass is 35.5. The fourth-order valence-corrected chi connectivity index (χ4v) is 3.57. The van der Waals surface area contributed by atoms with Gasteiger partial charge in [-0.15, -0.1) is 0 Å². The topological polar surface area (TPSA) is 57.4 Å². The van der Waals surface area contributed by atoms with E-state index in [1.165, 1.54) is 18.2 Å². The molecule has 3 aromatic carbocycles. The molecule has 0 amide bonds. The molecule has 5 rings (SSSR count). The fraction of sp³-hybridized carbons (Fsp3) is 0.0476. The van der Waals surface area contributed by atoms with Crippen LogP contribution in [0.5, 0.6) is 0 Å². The van der Waals surface area contributed by atoms with Crippen LogP contribution in [-0.4, -0.2) is 19.9 Å². The van der Waals surface area contributed by atoms with Crippen LogP contribution in [0.2, 0.25) is 5.02 Å². The molecule has 2 heterocycles. The van der Waals surface area contributed by atoms with Crippen molar-refractivity contribution in [3.05, 3.63) is 71.0 Å². The van der Waals surface area contributed by atoms with E-state index in [9.17, 15) is 17.6 Å². The molecule has 0 bridgehead atoms. The zero-order valence-electron chi connectivity index (χ0n) is 15.0. The van der Waals surface area contributed by atoms with E-state index in [0.29, 0.717) is 27.9 Å². The third-order valence-corrected chi connectivity index (χ3v) is 5.08. The van der Waals surface area contributed by atoms with E-state index in [0.717, 1.165) is 12.1 Å². The zero-order valence-corrected chi connectivity index (χ0v) is 15.7. The van der Waals surface area contributed by atoms with Crippen molar-refractivity contribution >= 4 is 33.7 Å². The lowest BCUT2D eigenvalue weighted by Gasteiger charge is -2.05. The number of aromatic amines is 2. The maximum absolute atomic E-state index is 14.2. The van der Waals surface area contributed by atoms with Crippen LogP contribution in [0.15, 0.2) is 54.6 Å². The number of nitrogens with zero attached hydrogens (tertiary/aromatic N) is 2. The molecule has 0 aliphatic rings. The van der Waals surface area contributed by atoms with Crippen LogP contribution in [-0.2, 0) is 6.18 Å². The second-order valence-electron chi connectivity index (χ2n) is 6.73. The van der Waals surface area contributed by atoms with Crippen molar-refractivity contribution in [1.29, 1.82) is 0 Å². The Morgan fingerprint density at radius 1 is 0.800 bits per heavy atom. The Balaban J connectivity index is 1.58. The standard InChI is InChI=1S/C21H11ClF4N4/c22-12-2-1-3-13(23)18(12)20-28-14-6-4-10(8-16(14)30-20)19-27-15-7-5-11(21(24,25)26)9-17(15)29-19/h1-9H,(H,27,29)(H,28,30). The Morgan fingerprint density at radius 2 is 1.47 bits per heavy atom. The van der Waals surface area contributed by atoms with Crippen LogP contribution in [0.25, 0.3) is 44.8 Å². The molecule has 0 unspecified atom stereocenters. The zero-order chi connectivity index (χ0) is 21.0. The van der Waals surface area contributed by atoms with Crippen LogP contribution >= 0.6 is 11.6 Å². The molecule has 0 saturated carbocycles. The number of aromatic nitrogens is 4. The van der Waals surface area contributed by atoms with Gasteiger partial charge in [-0.05, 0) is 48.5 Å². The minimum absolute atomic E-state index is 0.167. The van der Waals surface area contributed by atoms with Gasteiger partial charge in [0.15, 0.2) is 0 Å². The molecule has 0 fully saturated rings. The summed E-state index contributed by atoms with van der Waals surface area (Å²) in [6, 6.07) is 12.9. The first kappa shape index (κ1) is 18.6. The van der Waals surface area contributed by atoms with Gasteiger partial charge in [-0.3, -0.25) is 0 Å². The molecule has 0 spiro atoms. The van der Waals surface area contributed by atoms with Crippen LogP contribution in [0.4, 0.5) is 17.6 Å². The summed E-state index contributed by atoms with van der Waals surface area (Å²) in [5.41, 5.74) is 1.95. The van der Waals surface area contributed by atoms with Gasteiger partial charge in [0.25, 0.3) is 0 Å². The predicted molar refractivity (Wildman–Crippen MR) is 107 cm³/mol. The number of H-pyrrole nitrogens is 2. The first-order valence-electron chi connectivity index (χ1n) is 8.81. The second-order valence-corrected chi connectivity index (χ2v) is 7.14. The molecule has 30 heavy (non-hydrogen) atoms. The molecule has 4 nitrogen and oxygen atoms in total. The Bertz CT molecular complexity index is 1400. The molecule has 2 N–H and O–H groups in total. The van der Waals surface area contributed by atoms with Crippen molar-refractivity contribution in [1.82, 2.24) is 19.9 Å². The summed E-state index contributed by atoms with van der Waals surface area (Å²) in [7, 11) is 0. The highest BCUT2D eigenvalue weighted by molar-refractivity contribution is 6.33. The number of alkyl halides is 3. The van der Waals surface area contributed by atoms with Crippen molar-refractivity contribution in [3.63, 3.8) is 0 Å². The molecule has 0 atom stereocenters. The summed E-state index contributed by atoms with van der Waals surface area (Å²) in [6.07, 6.45) is -4.43. The molecule has 150 valence electrons. The fourth-order valence-electron chi connectivity index (χ4n) is 3.32. The molecule has 9 heteroatoms. The van der Waals surface area contributed by atoms with Gasteiger partial charge in [-0.2, -0.15) is 13.2 Å². The third-order valence-electron chi connectivity index (χ3n) is 4.76. The largest absolute Gasteiger partial charge is 0.416 e. The maximum Gasteiger partial charge on any atom is 0.416 e. The summed E-state index contributed by atoms with van der Waals surface area (Å²) in [5.74, 6) is 0.190. The number of hydrogen-bond donors (Lipinski definition) is 2. The second kappa shape index (κ2) is 6.56. The predicted octanol–water partition coefficient (Wildman–Crippen LogP) is 6.58. The lowest BCUT2D eigenvalue weighted by atomic mass is 10.2. The molecular weight excluding hydrogens is 420 g/mol. The molecule has 2 aromatic heterocycles. The van der Waals surface area contributed by atoms with E-state index in [1.807, 2.05) is 0 Å². The van der Waals surface area contributed by atoms with Crippen molar-refractivity contribution < 1.29 is 17.6 Å². The Hall–Kier alpha value is -3.39. The number of nitrogens with one attached hydrogen (secondary N) is 2. The van der Waals surface area contributed by atoms with Gasteiger partial charge in [-0.1, -0.05) is 17.7 Å². The van der Waals surface area contributed by atoms with E-state index in [4.69, 9.17) is 11.6 Å². The number of benzene rings is 3. The Morgan fingerprint density at radius 3 is 2.20 bits per heavy atom. The normalized spacial score (nSPS) is 12.2. The summed E-state index contributed by atoms with van der Waals surface area (Å²) in [5, 5.41) is 0.229. The molecule has 0 aliphatic heterocycles. The smallest absolute Gasteiger partial charge is 0.338 e. The van der Waals surface area contributed by atoms with Gasteiger partial charge in [0, 0.05) is 5.56 Å². The van der Waals surface area contributed by atoms with E-state index >= 15 is 0 Å². The third kappa shape index (κ3) is 3.09. The van der Waals surface area contributed by atoms with E-state index in [-0.39, 0.29) is 21.9 Å². The highest BCUT2D eigenvalue weighted by Crippen LogP contribution is 2.33. The van der Waals surface area contributed by atoms with Gasteiger partial charge in [0.1, 0.15) is 17.5 Å². The summed E-state index contributed by atoms with van der Waals surface area (Å²) < 4.78 is 53.0. The quantitative estimate of drug-likeness (QED) is 0.311. The average molecular weight is 431 g/mol. The van der Waals surface area contributed by atoms with Crippen molar-refractivity contribution in [3.8, 4) is 22.8 Å². The summed E-state index contributed by atoms with van der Waals surface area (Å²) in [6.45, 7) is 0. The van der Waals surface area contributed by atoms with Gasteiger partial charge in [0.2, 0.25) is 0 Å². The molecule has 5 aromatic rings. The van der Waals surface area contributed by atoms with Crippen LogP contribution in [0.3, 0.4) is 0 Å². The number of imidazole rings is 2. The SMILES string of the molecule is Fc1cccc(Cl)c1-c1nc2ccc(-c3nc4ccc(C(F)(F)F)cc4[nH]3)cc2[nH]1. The summed E-state index contributed by atoms with van der Waals surface area (Å²) in [4.78, 5) is 14.7. The van der Waals surface area contributed by atoms with Crippen LogP contribution in [0, 0.1) is 5.82 Å². The van der Waals surface area contributed by atoms with E-state index in [1.54, 1.807) is 24.3 Å².